The third-order valence-corrected chi connectivity index (χ3v) is 0.736. The molecule has 0 rings (SSSR count). The van der Waals surface area contributed by atoms with E-state index < -0.39 is 5.97 Å². The van der Waals surface area contributed by atoms with Gasteiger partial charge in [-0.3, -0.25) is 4.79 Å². The number of hydrogen-bond donors (Lipinski definition) is 2. The smallest absolute Gasteiger partial charge is 0.328 e. The van der Waals surface area contributed by atoms with Gasteiger partial charge in [0.25, 0.3) is 0 Å². The third kappa shape index (κ3) is 3.93. The van der Waals surface area contributed by atoms with Gasteiger partial charge in [-0.1, -0.05) is 0 Å². The number of nitrogens with two attached hydrogens (primary N) is 1. The van der Waals surface area contributed by atoms with E-state index in [-0.39, 0.29) is 12.6 Å². The minimum atomic E-state index is -1.11. The summed E-state index contributed by atoms with van der Waals surface area (Å²) >= 11 is 0. The Morgan fingerprint density at radius 1 is 1.78 bits per heavy atom. The zero-order valence-corrected chi connectivity index (χ0v) is 5.26. The maximum absolute atomic E-state index is 9.96. The molecule has 4 heteroatoms. The quantitative estimate of drug-likeness (QED) is 0.545. The molecule has 0 aliphatic rings. The molecule has 0 atom stereocenters. The number of hydrogen-bond acceptors (Lipinski definition) is 3. The average molecular weight is 132 g/mol. The van der Waals surface area contributed by atoms with Gasteiger partial charge in [0.2, 0.25) is 0 Å². The van der Waals surface area contributed by atoms with E-state index in [1.807, 2.05) is 0 Å². The van der Waals surface area contributed by atoms with Gasteiger partial charge >= 0.3 is 5.97 Å². The van der Waals surface area contributed by atoms with Crippen molar-refractivity contribution in [2.24, 2.45) is 5.73 Å². The molecule has 3 N–H and O–H groups in total. The molecule has 0 aromatic heterocycles. The van der Waals surface area contributed by atoms with E-state index in [0.29, 0.717) is 6.61 Å². The summed E-state index contributed by atoms with van der Waals surface area (Å²) in [6.07, 6.45) is 0. The summed E-state index contributed by atoms with van der Waals surface area (Å²) in [6, 6.07) is -0.156. The summed E-state index contributed by atoms with van der Waals surface area (Å²) in [4.78, 5) is 9.96. The van der Waals surface area contributed by atoms with Gasteiger partial charge in [-0.05, 0) is 6.92 Å². The minimum absolute atomic E-state index is 0.00579. The van der Waals surface area contributed by atoms with Crippen LogP contribution in [0.15, 0.2) is 0 Å². The monoisotopic (exact) mass is 132 g/mol. The maximum Gasteiger partial charge on any atom is 0.328 e. The Hall–Kier alpha value is -0.610. The fourth-order valence-electron chi connectivity index (χ4n) is 0.274. The first-order valence-corrected chi connectivity index (χ1v) is 2.60. The first-order valence-electron chi connectivity index (χ1n) is 2.60. The largest absolute Gasteiger partial charge is 0.480 e. The van der Waals surface area contributed by atoms with E-state index in [0.717, 1.165) is 0 Å². The van der Waals surface area contributed by atoms with Crippen LogP contribution in [-0.4, -0.2) is 24.3 Å². The van der Waals surface area contributed by atoms with Crippen LogP contribution in [0.1, 0.15) is 6.92 Å². The molecule has 53 valence electrons. The first kappa shape index (κ1) is 8.39. The molecule has 0 amide bonds. The second kappa shape index (κ2) is 4.29. The van der Waals surface area contributed by atoms with Gasteiger partial charge in [-0.25, -0.2) is 0 Å². The molecule has 0 saturated heterocycles. The lowest BCUT2D eigenvalue weighted by Gasteiger charge is -2.02. The van der Waals surface area contributed by atoms with Crippen LogP contribution in [-0.2, 0) is 9.53 Å². The molecule has 0 aromatic rings. The van der Waals surface area contributed by atoms with E-state index in [1.54, 1.807) is 6.92 Å². The highest BCUT2D eigenvalue weighted by Gasteiger charge is 2.11. The fourth-order valence-corrected chi connectivity index (χ4v) is 0.274. The number of carboxylic acid groups (broad SMARTS) is 1. The molecule has 0 aromatic carbocycles. The van der Waals surface area contributed by atoms with Gasteiger partial charge in [0, 0.05) is 6.61 Å². The Morgan fingerprint density at radius 3 is 2.67 bits per heavy atom. The standard InChI is InChI=1S/C5H10NO3/c1-2-9-3-4(6)5(7)8/h2-3,6H2,1H3,(H,7,8). The molecule has 0 bridgehead atoms. The van der Waals surface area contributed by atoms with E-state index in [1.165, 1.54) is 0 Å². The number of carbonyl (C=O) groups is 1. The lowest BCUT2D eigenvalue weighted by molar-refractivity contribution is -0.135. The zero-order chi connectivity index (χ0) is 7.28. The van der Waals surface area contributed by atoms with Crippen molar-refractivity contribution in [2.45, 2.75) is 6.92 Å². The molecular formula is C5H10NO3. The van der Waals surface area contributed by atoms with Crippen LogP contribution >= 0.6 is 0 Å². The Balaban J connectivity index is 3.27. The van der Waals surface area contributed by atoms with Crippen molar-refractivity contribution >= 4 is 5.97 Å². The molecule has 0 aliphatic carbocycles. The predicted octanol–water partition coefficient (Wildman–Crippen LogP) is -0.402. The van der Waals surface area contributed by atoms with Crippen LogP contribution < -0.4 is 5.73 Å². The van der Waals surface area contributed by atoms with Gasteiger partial charge in [0.1, 0.15) is 0 Å². The summed E-state index contributed by atoms with van der Waals surface area (Å²) in [5.74, 6) is -1.11. The Kier molecular flexibility index (Phi) is 4.00. The highest BCUT2D eigenvalue weighted by Crippen LogP contribution is 1.88. The van der Waals surface area contributed by atoms with Gasteiger partial charge in [0.05, 0.1) is 6.61 Å². The lowest BCUT2D eigenvalue weighted by atomic mass is 10.3. The van der Waals surface area contributed by atoms with Crippen LogP contribution in [0.3, 0.4) is 0 Å². The summed E-state index contributed by atoms with van der Waals surface area (Å²) in [5.41, 5.74) is 4.99. The number of rotatable bonds is 4. The van der Waals surface area contributed by atoms with Crippen molar-refractivity contribution in [1.82, 2.24) is 0 Å². The predicted molar refractivity (Wildman–Crippen MR) is 31.6 cm³/mol. The highest BCUT2D eigenvalue weighted by molar-refractivity contribution is 5.81. The van der Waals surface area contributed by atoms with E-state index >= 15 is 0 Å². The molecule has 0 unspecified atom stereocenters. The first-order chi connectivity index (χ1) is 4.18. The highest BCUT2D eigenvalue weighted by atomic mass is 16.5. The lowest BCUT2D eigenvalue weighted by Crippen LogP contribution is -2.25. The Morgan fingerprint density at radius 2 is 2.33 bits per heavy atom. The van der Waals surface area contributed by atoms with Gasteiger partial charge in [-0.15, -0.1) is 0 Å². The molecule has 1 radical (unpaired) electrons. The van der Waals surface area contributed by atoms with E-state index in [9.17, 15) is 4.79 Å². The van der Waals surface area contributed by atoms with E-state index in [2.05, 4.69) is 0 Å². The molecule has 9 heavy (non-hydrogen) atoms. The maximum atomic E-state index is 9.96. The van der Waals surface area contributed by atoms with Crippen LogP contribution in [0.2, 0.25) is 0 Å². The third-order valence-electron chi connectivity index (χ3n) is 0.736. The van der Waals surface area contributed by atoms with Crippen molar-refractivity contribution < 1.29 is 14.6 Å². The molecule has 0 spiro atoms. The van der Waals surface area contributed by atoms with Crippen molar-refractivity contribution in [3.8, 4) is 0 Å². The number of carboxylic acids is 1. The normalized spacial score (nSPS) is 10.1. The fraction of sp³-hybridized carbons (Fsp3) is 0.600. The summed E-state index contributed by atoms with van der Waals surface area (Å²) in [5, 5.41) is 8.17. The Bertz CT molecular complexity index is 94.2. The second-order valence-corrected chi connectivity index (χ2v) is 1.47. The molecule has 0 heterocycles. The molecule has 0 aliphatic heterocycles. The average Bonchev–Trinajstić information content (AvgIpc) is 1.82. The summed E-state index contributed by atoms with van der Waals surface area (Å²) in [7, 11) is 0. The molecular weight excluding hydrogens is 122 g/mol. The molecule has 0 fully saturated rings. The SMILES string of the molecule is CCOC[C](N)C(=O)O. The van der Waals surface area contributed by atoms with Crippen LogP contribution in [0.5, 0.6) is 0 Å². The van der Waals surface area contributed by atoms with Gasteiger partial charge in [-0.2, -0.15) is 0 Å². The van der Waals surface area contributed by atoms with Crippen LogP contribution in [0.25, 0.3) is 0 Å². The molecule has 0 saturated carbocycles. The molecule has 4 nitrogen and oxygen atoms in total. The Labute approximate surface area is 53.6 Å². The zero-order valence-electron chi connectivity index (χ0n) is 5.26. The van der Waals surface area contributed by atoms with Crippen molar-refractivity contribution in [3.63, 3.8) is 0 Å². The minimum Gasteiger partial charge on any atom is -0.480 e. The van der Waals surface area contributed by atoms with Crippen LogP contribution in [0, 0.1) is 6.04 Å². The van der Waals surface area contributed by atoms with Gasteiger partial charge < -0.3 is 15.6 Å². The van der Waals surface area contributed by atoms with Crippen molar-refractivity contribution in [1.29, 1.82) is 0 Å². The van der Waals surface area contributed by atoms with E-state index in [4.69, 9.17) is 15.6 Å². The second-order valence-electron chi connectivity index (χ2n) is 1.47. The topological polar surface area (TPSA) is 72.5 Å². The van der Waals surface area contributed by atoms with Crippen LogP contribution in [0.4, 0.5) is 0 Å². The summed E-state index contributed by atoms with van der Waals surface area (Å²) < 4.78 is 4.71. The van der Waals surface area contributed by atoms with Crippen molar-refractivity contribution in [2.75, 3.05) is 13.2 Å². The summed E-state index contributed by atoms with van der Waals surface area (Å²) in [6.45, 7) is 2.26. The number of ether oxygens (including phenoxy) is 1. The van der Waals surface area contributed by atoms with Crippen molar-refractivity contribution in [3.05, 3.63) is 6.04 Å². The van der Waals surface area contributed by atoms with Gasteiger partial charge in [0.15, 0.2) is 6.04 Å². The number of aliphatic carboxylic acids is 1.